The van der Waals surface area contributed by atoms with E-state index >= 15 is 0 Å². The van der Waals surface area contributed by atoms with Gasteiger partial charge in [-0.1, -0.05) is 74.7 Å². The molecule has 12 heteroatoms. The fraction of sp³-hybridized carbons (Fsp3) is 0.244. The highest BCUT2D eigenvalue weighted by molar-refractivity contribution is 6.03. The van der Waals surface area contributed by atoms with Crippen LogP contribution in [0.15, 0.2) is 110 Å². The normalized spacial score (nSPS) is 11.8. The molecule has 4 aromatic carbocycles. The summed E-state index contributed by atoms with van der Waals surface area (Å²) in [6.45, 7) is 12.5. The molecule has 57 heavy (non-hydrogen) atoms. The number of ether oxygens (including phenoxy) is 3. The molecule has 4 aromatic rings. The maximum atomic E-state index is 13.7. The first kappa shape index (κ1) is 42.9. The number of nitrogen functional groups attached to an aromatic ring is 1. The lowest BCUT2D eigenvalue weighted by atomic mass is 9.92. The molecule has 4 rings (SSSR count). The fourth-order valence-electron chi connectivity index (χ4n) is 5.77. The molecule has 0 fully saturated rings. The van der Waals surface area contributed by atoms with Crippen molar-refractivity contribution in [2.45, 2.75) is 52.2 Å². The van der Waals surface area contributed by atoms with Crippen LogP contribution in [0.3, 0.4) is 0 Å². The van der Waals surface area contributed by atoms with Crippen molar-refractivity contribution in [1.82, 2.24) is 5.32 Å². The van der Waals surface area contributed by atoms with Gasteiger partial charge in [0.1, 0.15) is 13.2 Å². The molecule has 0 aliphatic carbocycles. The van der Waals surface area contributed by atoms with E-state index < -0.39 is 35.5 Å². The van der Waals surface area contributed by atoms with E-state index in [0.717, 1.165) is 0 Å². The summed E-state index contributed by atoms with van der Waals surface area (Å²) >= 11 is 0. The highest BCUT2D eigenvalue weighted by atomic mass is 16.5. The van der Waals surface area contributed by atoms with Gasteiger partial charge in [-0.05, 0) is 67.4 Å². The molecule has 2 amide bonds. The molecule has 2 atom stereocenters. The average molecular weight is 774 g/mol. The first-order valence-corrected chi connectivity index (χ1v) is 18.3. The van der Waals surface area contributed by atoms with Crippen LogP contribution in [0.2, 0.25) is 0 Å². The summed E-state index contributed by atoms with van der Waals surface area (Å²) in [5.74, 6) is -3.36. The third-order valence-corrected chi connectivity index (χ3v) is 8.84. The number of ketones is 3. The van der Waals surface area contributed by atoms with Crippen LogP contribution in [0.4, 0.5) is 5.69 Å². The predicted octanol–water partition coefficient (Wildman–Crippen LogP) is 5.85. The van der Waals surface area contributed by atoms with Gasteiger partial charge in [0.15, 0.2) is 28.8 Å². The van der Waals surface area contributed by atoms with Crippen molar-refractivity contribution in [3.8, 4) is 11.5 Å². The van der Waals surface area contributed by atoms with E-state index in [9.17, 15) is 28.8 Å². The summed E-state index contributed by atoms with van der Waals surface area (Å²) < 4.78 is 17.3. The van der Waals surface area contributed by atoms with Gasteiger partial charge in [0.25, 0.3) is 5.91 Å². The van der Waals surface area contributed by atoms with E-state index in [2.05, 4.69) is 18.5 Å². The Labute approximate surface area is 331 Å². The number of Topliss-reactive ketones (excluding diaryl/α,β-unsaturated/α-hetero) is 3. The number of esters is 1. The fourth-order valence-corrected chi connectivity index (χ4v) is 5.77. The zero-order valence-electron chi connectivity index (χ0n) is 32.2. The number of carbonyl (C=O) groups is 6. The Morgan fingerprint density at radius 2 is 1.26 bits per heavy atom. The standard InChI is InChI=1S/C45H47N3O9/c1-6-22-55-42-36(38(50)24-29-10-14-33(15-11-29)45(54)56-23-7-2)21-18-34(41(42)57-27(3)4)26-37(49)31-12-8-30(9-13-31)25-39(51)40(28(5)43(47)52)48-44(53)32-16-19-35(46)20-17-32/h6-21,27-28,40H,1-2,22-26,46H2,3-5H3,(H2,47,52)(H,48,53)/t28-,40+/m1/s1. The van der Waals surface area contributed by atoms with Crippen LogP contribution < -0.4 is 26.3 Å². The third kappa shape index (κ3) is 11.8. The van der Waals surface area contributed by atoms with Crippen LogP contribution in [0.1, 0.15) is 78.9 Å². The molecule has 0 aromatic heterocycles. The highest BCUT2D eigenvalue weighted by Gasteiger charge is 2.31. The van der Waals surface area contributed by atoms with E-state index in [4.69, 9.17) is 25.7 Å². The number of benzene rings is 4. The van der Waals surface area contributed by atoms with Crippen LogP contribution in [0.25, 0.3) is 0 Å². The van der Waals surface area contributed by atoms with E-state index in [0.29, 0.717) is 33.5 Å². The van der Waals surface area contributed by atoms with E-state index in [-0.39, 0.29) is 72.8 Å². The minimum atomic E-state index is -1.20. The highest BCUT2D eigenvalue weighted by Crippen LogP contribution is 2.38. The van der Waals surface area contributed by atoms with Crippen molar-refractivity contribution in [2.24, 2.45) is 11.7 Å². The zero-order valence-corrected chi connectivity index (χ0v) is 32.2. The Morgan fingerprint density at radius 3 is 1.84 bits per heavy atom. The SMILES string of the molecule is C=CCOC(=O)c1ccc(CC(=O)c2ccc(CC(=O)c3ccc(CC(=O)[C@@H](NC(=O)c4ccc(N)cc4)[C@@H](C)C(N)=O)cc3)c(OC(C)C)c2OCC=C)cc1. The van der Waals surface area contributed by atoms with Crippen molar-refractivity contribution >= 4 is 40.8 Å². The zero-order chi connectivity index (χ0) is 41.6. The van der Waals surface area contributed by atoms with Crippen LogP contribution in [-0.2, 0) is 33.6 Å². The Bertz CT molecular complexity index is 2120. The minimum absolute atomic E-state index is 0.00216. The van der Waals surface area contributed by atoms with E-state index in [1.807, 2.05) is 13.8 Å². The van der Waals surface area contributed by atoms with Gasteiger partial charge in [0.2, 0.25) is 5.91 Å². The number of rotatable bonds is 21. The van der Waals surface area contributed by atoms with E-state index in [1.165, 1.54) is 31.2 Å². The molecule has 296 valence electrons. The van der Waals surface area contributed by atoms with Gasteiger partial charge in [-0.2, -0.15) is 0 Å². The summed E-state index contributed by atoms with van der Waals surface area (Å²) in [7, 11) is 0. The molecule has 0 saturated carbocycles. The minimum Gasteiger partial charge on any atom is -0.487 e. The van der Waals surface area contributed by atoms with Crippen LogP contribution in [-0.4, -0.2) is 60.5 Å². The number of anilines is 1. The lowest BCUT2D eigenvalue weighted by Crippen LogP contribution is -2.49. The molecule has 5 N–H and O–H groups in total. The second-order valence-corrected chi connectivity index (χ2v) is 13.6. The first-order valence-electron chi connectivity index (χ1n) is 18.3. The van der Waals surface area contributed by atoms with Crippen molar-refractivity contribution in [2.75, 3.05) is 18.9 Å². The van der Waals surface area contributed by atoms with Gasteiger partial charge in [0.05, 0.1) is 29.2 Å². The summed E-state index contributed by atoms with van der Waals surface area (Å²) in [4.78, 5) is 78.0. The quantitative estimate of drug-likeness (QED) is 0.0401. The lowest BCUT2D eigenvalue weighted by Gasteiger charge is -2.22. The molecule has 0 aliphatic heterocycles. The van der Waals surface area contributed by atoms with Gasteiger partial charge < -0.3 is 31.0 Å². The summed E-state index contributed by atoms with van der Waals surface area (Å²) in [5, 5.41) is 2.63. The lowest BCUT2D eigenvalue weighted by molar-refractivity contribution is -0.128. The van der Waals surface area contributed by atoms with Crippen LogP contribution >= 0.6 is 0 Å². The van der Waals surface area contributed by atoms with Gasteiger partial charge in [-0.3, -0.25) is 24.0 Å². The number of primary amides is 1. The summed E-state index contributed by atoms with van der Waals surface area (Å²) in [5.41, 5.74) is 14.6. The maximum Gasteiger partial charge on any atom is 0.338 e. The molecular weight excluding hydrogens is 727 g/mol. The molecule has 0 aliphatic rings. The Hall–Kier alpha value is -6.82. The molecule has 0 unspecified atom stereocenters. The number of amides is 2. The van der Waals surface area contributed by atoms with Crippen molar-refractivity contribution in [3.63, 3.8) is 0 Å². The first-order chi connectivity index (χ1) is 27.2. The summed E-state index contributed by atoms with van der Waals surface area (Å²) in [6.07, 6.45) is 2.43. The molecule has 0 radical (unpaired) electrons. The monoisotopic (exact) mass is 773 g/mol. The topological polar surface area (TPSA) is 194 Å². The van der Waals surface area contributed by atoms with Gasteiger partial charge >= 0.3 is 5.97 Å². The molecule has 0 spiro atoms. The Morgan fingerprint density at radius 1 is 0.684 bits per heavy atom. The van der Waals surface area contributed by atoms with Gasteiger partial charge in [-0.25, -0.2) is 4.79 Å². The van der Waals surface area contributed by atoms with E-state index in [1.54, 1.807) is 72.8 Å². The van der Waals surface area contributed by atoms with Crippen molar-refractivity contribution < 1.29 is 43.0 Å². The summed E-state index contributed by atoms with van der Waals surface area (Å²) in [6, 6.07) is 21.1. The molecular formula is C45H47N3O9. The van der Waals surface area contributed by atoms with Crippen molar-refractivity contribution in [1.29, 1.82) is 0 Å². The Balaban J connectivity index is 1.53. The predicted molar refractivity (Wildman–Crippen MR) is 217 cm³/mol. The second-order valence-electron chi connectivity index (χ2n) is 13.6. The average Bonchev–Trinajstić information content (AvgIpc) is 3.19. The largest absolute Gasteiger partial charge is 0.487 e. The Kier molecular flexibility index (Phi) is 15.2. The number of carbonyl (C=O) groups excluding carboxylic acids is 6. The smallest absolute Gasteiger partial charge is 0.338 e. The number of nitrogens with two attached hydrogens (primary N) is 2. The van der Waals surface area contributed by atoms with Gasteiger partial charge in [0, 0.05) is 41.6 Å². The van der Waals surface area contributed by atoms with Gasteiger partial charge in [-0.15, -0.1) is 0 Å². The van der Waals surface area contributed by atoms with Crippen molar-refractivity contribution in [3.05, 3.63) is 149 Å². The molecule has 0 bridgehead atoms. The second kappa shape index (κ2) is 20.2. The molecule has 0 heterocycles. The third-order valence-electron chi connectivity index (χ3n) is 8.84. The van der Waals surface area contributed by atoms with Crippen LogP contribution in [0, 0.1) is 5.92 Å². The number of hydrogen-bond donors (Lipinski definition) is 3. The molecule has 12 nitrogen and oxygen atoms in total. The van der Waals surface area contributed by atoms with Crippen LogP contribution in [0.5, 0.6) is 11.5 Å². The number of hydrogen-bond acceptors (Lipinski definition) is 10. The maximum absolute atomic E-state index is 13.7. The number of nitrogens with one attached hydrogen (secondary N) is 1. The molecule has 0 saturated heterocycles.